The van der Waals surface area contributed by atoms with Crippen LogP contribution in [0, 0.1) is 17.2 Å². The standard InChI is InChI=1S/C31H33N3O3/c1-33(2)31(36)27-14-15-29(28(20-27)26-12-10-25(21-32)11-13-26)37-22-30(35)34-18-16-24(17-19-34)9-8-23-6-4-3-5-7-23/h3-7,10-15,20,24H,8-9,16-19,22H2,1-2H3. The van der Waals surface area contributed by atoms with E-state index in [-0.39, 0.29) is 18.4 Å². The molecule has 1 fully saturated rings. The molecule has 1 saturated heterocycles. The number of aryl methyl sites for hydroxylation is 1. The SMILES string of the molecule is CN(C)C(=O)c1ccc(OCC(=O)N2CCC(CCc3ccccc3)CC2)c(-c2ccc(C#N)cc2)c1. The van der Waals surface area contributed by atoms with Gasteiger partial charge in [0, 0.05) is 38.3 Å². The first-order valence-corrected chi connectivity index (χ1v) is 12.8. The molecule has 0 unspecified atom stereocenters. The van der Waals surface area contributed by atoms with Crippen LogP contribution in [0.5, 0.6) is 5.75 Å². The number of nitrogens with zero attached hydrogens (tertiary/aromatic N) is 3. The first-order valence-electron chi connectivity index (χ1n) is 12.8. The van der Waals surface area contributed by atoms with Crippen LogP contribution in [0.3, 0.4) is 0 Å². The summed E-state index contributed by atoms with van der Waals surface area (Å²) in [6, 6.07) is 25.0. The number of carbonyl (C=O) groups excluding carboxylic acids is 2. The maximum absolute atomic E-state index is 13.0. The summed E-state index contributed by atoms with van der Waals surface area (Å²) in [5, 5.41) is 9.13. The Hall–Kier alpha value is -4.11. The number of benzene rings is 3. The Labute approximate surface area is 219 Å². The van der Waals surface area contributed by atoms with E-state index in [1.54, 1.807) is 44.4 Å². The topological polar surface area (TPSA) is 73.6 Å². The van der Waals surface area contributed by atoms with E-state index in [4.69, 9.17) is 10.00 Å². The third-order valence-corrected chi connectivity index (χ3v) is 6.96. The zero-order chi connectivity index (χ0) is 26.2. The van der Waals surface area contributed by atoms with E-state index in [1.807, 2.05) is 23.1 Å². The van der Waals surface area contributed by atoms with Crippen molar-refractivity contribution in [2.45, 2.75) is 25.7 Å². The molecule has 0 spiro atoms. The average molecular weight is 496 g/mol. The molecule has 6 nitrogen and oxygen atoms in total. The number of rotatable bonds is 8. The molecular weight excluding hydrogens is 462 g/mol. The molecule has 2 amide bonds. The van der Waals surface area contributed by atoms with Crippen molar-refractivity contribution in [3.8, 4) is 22.9 Å². The molecule has 1 aliphatic heterocycles. The van der Waals surface area contributed by atoms with Gasteiger partial charge >= 0.3 is 0 Å². The van der Waals surface area contributed by atoms with E-state index in [9.17, 15) is 9.59 Å². The zero-order valence-corrected chi connectivity index (χ0v) is 21.5. The largest absolute Gasteiger partial charge is 0.483 e. The Bertz CT molecular complexity index is 1260. The molecule has 0 saturated carbocycles. The molecule has 3 aromatic rings. The van der Waals surface area contributed by atoms with Gasteiger partial charge in [-0.15, -0.1) is 0 Å². The van der Waals surface area contributed by atoms with Gasteiger partial charge in [0.05, 0.1) is 11.6 Å². The first kappa shape index (κ1) is 26.0. The lowest BCUT2D eigenvalue weighted by Gasteiger charge is -2.32. The van der Waals surface area contributed by atoms with Crippen LogP contribution in [0.25, 0.3) is 11.1 Å². The molecule has 0 atom stereocenters. The van der Waals surface area contributed by atoms with Crippen LogP contribution >= 0.6 is 0 Å². The van der Waals surface area contributed by atoms with Crippen LogP contribution in [0.4, 0.5) is 0 Å². The second-order valence-corrected chi connectivity index (χ2v) is 9.74. The number of piperidine rings is 1. The number of nitriles is 1. The van der Waals surface area contributed by atoms with Crippen molar-refractivity contribution in [1.82, 2.24) is 9.80 Å². The summed E-state index contributed by atoms with van der Waals surface area (Å²) in [5.74, 6) is 1.02. The maximum atomic E-state index is 13.0. The van der Waals surface area contributed by atoms with E-state index >= 15 is 0 Å². The van der Waals surface area contributed by atoms with Crippen molar-refractivity contribution >= 4 is 11.8 Å². The highest BCUT2D eigenvalue weighted by molar-refractivity contribution is 5.96. The summed E-state index contributed by atoms with van der Waals surface area (Å²) in [6.45, 7) is 1.44. The van der Waals surface area contributed by atoms with Crippen molar-refractivity contribution in [3.05, 3.63) is 89.5 Å². The normalized spacial score (nSPS) is 13.6. The van der Waals surface area contributed by atoms with E-state index < -0.39 is 0 Å². The van der Waals surface area contributed by atoms with Gasteiger partial charge in [-0.05, 0) is 73.1 Å². The molecule has 0 N–H and O–H groups in total. The summed E-state index contributed by atoms with van der Waals surface area (Å²) in [7, 11) is 3.41. The van der Waals surface area contributed by atoms with Crippen LogP contribution in [0.15, 0.2) is 72.8 Å². The highest BCUT2D eigenvalue weighted by Crippen LogP contribution is 2.32. The molecule has 0 radical (unpaired) electrons. The molecular formula is C31H33N3O3. The highest BCUT2D eigenvalue weighted by atomic mass is 16.5. The second-order valence-electron chi connectivity index (χ2n) is 9.74. The van der Waals surface area contributed by atoms with Gasteiger partial charge in [0.15, 0.2) is 6.61 Å². The van der Waals surface area contributed by atoms with Gasteiger partial charge in [-0.25, -0.2) is 0 Å². The van der Waals surface area contributed by atoms with Gasteiger partial charge in [-0.2, -0.15) is 5.26 Å². The van der Waals surface area contributed by atoms with Crippen LogP contribution in [-0.2, 0) is 11.2 Å². The number of likely N-dealkylation sites (tertiary alicyclic amines) is 1. The molecule has 6 heteroatoms. The first-order chi connectivity index (χ1) is 17.9. The third kappa shape index (κ3) is 6.77. The predicted molar refractivity (Wildman–Crippen MR) is 144 cm³/mol. The molecule has 0 bridgehead atoms. The Balaban J connectivity index is 1.38. The fourth-order valence-electron chi connectivity index (χ4n) is 4.71. The fraction of sp³-hybridized carbons (Fsp3) is 0.323. The Kier molecular flexibility index (Phi) is 8.58. The van der Waals surface area contributed by atoms with Crippen LogP contribution in [-0.4, -0.2) is 55.4 Å². The highest BCUT2D eigenvalue weighted by Gasteiger charge is 2.23. The van der Waals surface area contributed by atoms with Gasteiger partial charge in [-0.3, -0.25) is 9.59 Å². The summed E-state index contributed by atoms with van der Waals surface area (Å²) >= 11 is 0. The van der Waals surface area contributed by atoms with Crippen molar-refractivity contribution < 1.29 is 14.3 Å². The van der Waals surface area contributed by atoms with Gasteiger partial charge in [0.1, 0.15) is 5.75 Å². The van der Waals surface area contributed by atoms with Gasteiger partial charge < -0.3 is 14.5 Å². The smallest absolute Gasteiger partial charge is 0.260 e. The molecule has 4 rings (SSSR count). The lowest BCUT2D eigenvalue weighted by atomic mass is 9.90. The number of hydrogen-bond donors (Lipinski definition) is 0. The third-order valence-electron chi connectivity index (χ3n) is 6.96. The minimum Gasteiger partial charge on any atom is -0.483 e. The van der Waals surface area contributed by atoms with Crippen LogP contribution in [0.1, 0.15) is 40.7 Å². The minimum atomic E-state index is -0.118. The average Bonchev–Trinajstić information content (AvgIpc) is 2.95. The number of hydrogen-bond acceptors (Lipinski definition) is 4. The van der Waals surface area contributed by atoms with Crippen molar-refractivity contribution in [2.75, 3.05) is 33.8 Å². The molecule has 1 heterocycles. The summed E-state index contributed by atoms with van der Waals surface area (Å²) in [5.41, 5.74) is 3.97. The van der Waals surface area contributed by atoms with E-state index in [1.165, 1.54) is 10.5 Å². The van der Waals surface area contributed by atoms with Gasteiger partial charge in [0.2, 0.25) is 0 Å². The Morgan fingerprint density at radius 1 is 1.00 bits per heavy atom. The van der Waals surface area contributed by atoms with Crippen LogP contribution in [0.2, 0.25) is 0 Å². The quantitative estimate of drug-likeness (QED) is 0.432. The molecule has 37 heavy (non-hydrogen) atoms. The molecule has 190 valence electrons. The number of ether oxygens (including phenoxy) is 1. The van der Waals surface area contributed by atoms with Crippen LogP contribution < -0.4 is 4.74 Å². The Morgan fingerprint density at radius 2 is 1.70 bits per heavy atom. The zero-order valence-electron chi connectivity index (χ0n) is 21.5. The molecule has 0 aliphatic carbocycles. The van der Waals surface area contributed by atoms with Crippen molar-refractivity contribution in [1.29, 1.82) is 5.26 Å². The van der Waals surface area contributed by atoms with Crippen molar-refractivity contribution in [2.24, 2.45) is 5.92 Å². The predicted octanol–water partition coefficient (Wildman–Crippen LogP) is 5.18. The summed E-state index contributed by atoms with van der Waals surface area (Å²) in [6.07, 6.45) is 4.24. The number of carbonyl (C=O) groups is 2. The van der Waals surface area contributed by atoms with Gasteiger partial charge in [-0.1, -0.05) is 42.5 Å². The minimum absolute atomic E-state index is 0.0271. The monoisotopic (exact) mass is 495 g/mol. The summed E-state index contributed by atoms with van der Waals surface area (Å²) < 4.78 is 6.01. The lowest BCUT2D eigenvalue weighted by Crippen LogP contribution is -2.41. The Morgan fingerprint density at radius 3 is 2.35 bits per heavy atom. The van der Waals surface area contributed by atoms with E-state index in [0.29, 0.717) is 28.4 Å². The molecule has 1 aliphatic rings. The molecule has 3 aromatic carbocycles. The summed E-state index contributed by atoms with van der Waals surface area (Å²) in [4.78, 5) is 28.9. The fourth-order valence-corrected chi connectivity index (χ4v) is 4.71. The van der Waals surface area contributed by atoms with Crippen molar-refractivity contribution in [3.63, 3.8) is 0 Å². The lowest BCUT2D eigenvalue weighted by molar-refractivity contribution is -0.134. The van der Waals surface area contributed by atoms with E-state index in [2.05, 4.69) is 30.3 Å². The number of amides is 2. The van der Waals surface area contributed by atoms with Gasteiger partial charge in [0.25, 0.3) is 11.8 Å². The van der Waals surface area contributed by atoms with E-state index in [0.717, 1.165) is 44.3 Å². The molecule has 0 aromatic heterocycles. The maximum Gasteiger partial charge on any atom is 0.260 e. The second kappa shape index (κ2) is 12.2.